The van der Waals surface area contributed by atoms with E-state index in [2.05, 4.69) is 0 Å². The summed E-state index contributed by atoms with van der Waals surface area (Å²) in [4.78, 5) is 13.8. The summed E-state index contributed by atoms with van der Waals surface area (Å²) in [5.41, 5.74) is -0.831. The standard InChI is InChI=1S/C16H20F2N2O3S/c1-12-5-3-4-6-13(12)24(22,23)20-10-15(9-16(17,18)11-20)7-8-19(2)14(15)21/h3-6H,7-11H2,1-2H3. The number of aryl methyl sites for hydroxylation is 1. The third-order valence-corrected chi connectivity index (χ3v) is 6.87. The van der Waals surface area contributed by atoms with Gasteiger partial charge in [0.2, 0.25) is 15.9 Å². The molecule has 0 radical (unpaired) electrons. The second kappa shape index (κ2) is 5.49. The van der Waals surface area contributed by atoms with Crippen molar-refractivity contribution in [3.63, 3.8) is 0 Å². The van der Waals surface area contributed by atoms with E-state index < -0.39 is 40.2 Å². The molecular weight excluding hydrogens is 338 g/mol. The number of rotatable bonds is 2. The molecule has 5 nitrogen and oxygen atoms in total. The molecule has 8 heteroatoms. The van der Waals surface area contributed by atoms with Crippen molar-refractivity contribution in [1.29, 1.82) is 0 Å². The van der Waals surface area contributed by atoms with E-state index in [0.717, 1.165) is 4.31 Å². The van der Waals surface area contributed by atoms with Gasteiger partial charge >= 0.3 is 0 Å². The molecule has 1 unspecified atom stereocenters. The summed E-state index contributed by atoms with van der Waals surface area (Å²) in [5, 5.41) is 0. The molecule has 1 aromatic rings. The number of piperidine rings is 1. The van der Waals surface area contributed by atoms with Crippen LogP contribution in [0, 0.1) is 12.3 Å². The Morgan fingerprint density at radius 2 is 1.83 bits per heavy atom. The van der Waals surface area contributed by atoms with E-state index in [9.17, 15) is 22.0 Å². The minimum absolute atomic E-state index is 0.0108. The van der Waals surface area contributed by atoms with E-state index in [1.807, 2.05) is 0 Å². The monoisotopic (exact) mass is 358 g/mol. The normalized spacial score (nSPS) is 27.8. The lowest BCUT2D eigenvalue weighted by atomic mass is 9.78. The molecule has 2 heterocycles. The molecule has 1 atom stereocenters. The molecule has 0 saturated carbocycles. The number of halogens is 2. The Kier molecular flexibility index (Phi) is 3.95. The first-order chi connectivity index (χ1) is 11.1. The molecule has 132 valence electrons. The zero-order chi connectivity index (χ0) is 17.8. The van der Waals surface area contributed by atoms with Gasteiger partial charge in [-0.2, -0.15) is 4.31 Å². The lowest BCUT2D eigenvalue weighted by molar-refractivity contribution is -0.148. The van der Waals surface area contributed by atoms with Gasteiger partial charge in [-0.3, -0.25) is 4.79 Å². The summed E-state index contributed by atoms with van der Waals surface area (Å²) < 4.78 is 55.2. The molecule has 24 heavy (non-hydrogen) atoms. The zero-order valence-corrected chi connectivity index (χ0v) is 14.4. The van der Waals surface area contributed by atoms with Gasteiger partial charge in [-0.25, -0.2) is 17.2 Å². The van der Waals surface area contributed by atoms with Gasteiger partial charge in [0.25, 0.3) is 5.92 Å². The van der Waals surface area contributed by atoms with Crippen molar-refractivity contribution < 1.29 is 22.0 Å². The Morgan fingerprint density at radius 1 is 1.17 bits per heavy atom. The van der Waals surface area contributed by atoms with E-state index in [-0.39, 0.29) is 17.9 Å². The predicted octanol–water partition coefficient (Wildman–Crippen LogP) is 1.87. The molecule has 1 aromatic carbocycles. The van der Waals surface area contributed by atoms with Crippen molar-refractivity contribution >= 4 is 15.9 Å². The number of benzene rings is 1. The number of hydrogen-bond donors (Lipinski definition) is 0. The van der Waals surface area contributed by atoms with Crippen LogP contribution in [0.4, 0.5) is 8.78 Å². The maximum Gasteiger partial charge on any atom is 0.262 e. The number of nitrogens with zero attached hydrogens (tertiary/aromatic N) is 2. The number of sulfonamides is 1. The molecule has 2 saturated heterocycles. The fourth-order valence-corrected chi connectivity index (χ4v) is 5.50. The van der Waals surface area contributed by atoms with E-state index in [0.29, 0.717) is 12.1 Å². The Balaban J connectivity index is 2.02. The van der Waals surface area contributed by atoms with Gasteiger partial charge in [-0.05, 0) is 25.0 Å². The van der Waals surface area contributed by atoms with Crippen LogP contribution in [0.25, 0.3) is 0 Å². The highest BCUT2D eigenvalue weighted by Crippen LogP contribution is 2.46. The second-order valence-electron chi connectivity index (χ2n) is 6.83. The predicted molar refractivity (Wildman–Crippen MR) is 84.2 cm³/mol. The summed E-state index contributed by atoms with van der Waals surface area (Å²) in [6.45, 7) is 0.914. The fraction of sp³-hybridized carbons (Fsp3) is 0.562. The fourth-order valence-electron chi connectivity index (χ4n) is 3.72. The minimum Gasteiger partial charge on any atom is -0.345 e. The maximum absolute atomic E-state index is 14.3. The Labute approximate surface area is 140 Å². The minimum atomic E-state index is -4.09. The quantitative estimate of drug-likeness (QED) is 0.811. The van der Waals surface area contributed by atoms with Crippen molar-refractivity contribution in [3.05, 3.63) is 29.8 Å². The van der Waals surface area contributed by atoms with Crippen LogP contribution in [0.5, 0.6) is 0 Å². The highest BCUT2D eigenvalue weighted by Gasteiger charge is 2.58. The zero-order valence-electron chi connectivity index (χ0n) is 13.6. The van der Waals surface area contributed by atoms with Crippen molar-refractivity contribution in [2.45, 2.75) is 30.6 Å². The molecule has 0 bridgehead atoms. The number of likely N-dealkylation sites (tertiary alicyclic amines) is 1. The van der Waals surface area contributed by atoms with Gasteiger partial charge in [-0.15, -0.1) is 0 Å². The highest BCUT2D eigenvalue weighted by molar-refractivity contribution is 7.89. The average molecular weight is 358 g/mol. The largest absolute Gasteiger partial charge is 0.345 e. The van der Waals surface area contributed by atoms with Gasteiger partial charge in [0.15, 0.2) is 0 Å². The first-order valence-corrected chi connectivity index (χ1v) is 9.21. The number of carbonyl (C=O) groups is 1. The molecule has 2 fully saturated rings. The van der Waals surface area contributed by atoms with Crippen LogP contribution in [0.2, 0.25) is 0 Å². The molecule has 0 aromatic heterocycles. The summed E-state index contributed by atoms with van der Waals surface area (Å²) >= 11 is 0. The third-order valence-electron chi connectivity index (χ3n) is 4.92. The first kappa shape index (κ1) is 17.3. The van der Waals surface area contributed by atoms with Crippen LogP contribution in [-0.4, -0.2) is 56.1 Å². The van der Waals surface area contributed by atoms with Crippen LogP contribution in [-0.2, 0) is 14.8 Å². The number of amides is 1. The molecule has 2 aliphatic rings. The van der Waals surface area contributed by atoms with Gasteiger partial charge in [0, 0.05) is 26.6 Å². The smallest absolute Gasteiger partial charge is 0.262 e. The third kappa shape index (κ3) is 2.71. The first-order valence-electron chi connectivity index (χ1n) is 7.77. The van der Waals surface area contributed by atoms with E-state index >= 15 is 0 Å². The van der Waals surface area contributed by atoms with Crippen LogP contribution >= 0.6 is 0 Å². The molecule has 0 aliphatic carbocycles. The number of alkyl halides is 2. The van der Waals surface area contributed by atoms with E-state index in [1.54, 1.807) is 32.2 Å². The number of carbonyl (C=O) groups excluding carboxylic acids is 1. The summed E-state index contributed by atoms with van der Waals surface area (Å²) in [6.07, 6.45) is -0.347. The van der Waals surface area contributed by atoms with Crippen LogP contribution in [0.1, 0.15) is 18.4 Å². The van der Waals surface area contributed by atoms with Gasteiger partial charge in [0.05, 0.1) is 16.9 Å². The van der Waals surface area contributed by atoms with Gasteiger partial charge in [-0.1, -0.05) is 18.2 Å². The van der Waals surface area contributed by atoms with E-state index in [1.165, 1.54) is 11.0 Å². The average Bonchev–Trinajstić information content (AvgIpc) is 2.74. The topological polar surface area (TPSA) is 57.7 Å². The lowest BCUT2D eigenvalue weighted by Crippen LogP contribution is -2.56. The van der Waals surface area contributed by atoms with Crippen molar-refractivity contribution in [3.8, 4) is 0 Å². The maximum atomic E-state index is 14.3. The van der Waals surface area contributed by atoms with Crippen molar-refractivity contribution in [2.24, 2.45) is 5.41 Å². The summed E-state index contributed by atoms with van der Waals surface area (Å²) in [7, 11) is -2.53. The van der Waals surface area contributed by atoms with Gasteiger partial charge < -0.3 is 4.90 Å². The molecule has 2 aliphatic heterocycles. The van der Waals surface area contributed by atoms with E-state index in [4.69, 9.17) is 0 Å². The number of hydrogen-bond acceptors (Lipinski definition) is 3. The molecule has 1 spiro atoms. The van der Waals surface area contributed by atoms with Crippen LogP contribution < -0.4 is 0 Å². The van der Waals surface area contributed by atoms with Crippen molar-refractivity contribution in [1.82, 2.24) is 9.21 Å². The van der Waals surface area contributed by atoms with Crippen molar-refractivity contribution in [2.75, 3.05) is 26.7 Å². The van der Waals surface area contributed by atoms with Gasteiger partial charge in [0.1, 0.15) is 0 Å². The molecular formula is C16H20F2N2O3S. The molecule has 1 amide bonds. The lowest BCUT2D eigenvalue weighted by Gasteiger charge is -2.42. The second-order valence-corrected chi connectivity index (χ2v) is 8.73. The van der Waals surface area contributed by atoms with Crippen LogP contribution in [0.3, 0.4) is 0 Å². The Morgan fingerprint density at radius 3 is 2.42 bits per heavy atom. The SMILES string of the molecule is Cc1ccccc1S(=O)(=O)N1CC(F)(F)CC2(CCN(C)C2=O)C1. The summed E-state index contributed by atoms with van der Waals surface area (Å²) in [5.74, 6) is -3.62. The highest BCUT2D eigenvalue weighted by atomic mass is 32.2. The Hall–Kier alpha value is -1.54. The van der Waals surface area contributed by atoms with Crippen LogP contribution in [0.15, 0.2) is 29.2 Å². The molecule has 3 rings (SSSR count). The molecule has 0 N–H and O–H groups in total. The summed E-state index contributed by atoms with van der Waals surface area (Å²) in [6, 6.07) is 6.29. The Bertz CT molecular complexity index is 781.